The number of ketones is 1. The van der Waals surface area contributed by atoms with Gasteiger partial charge in [0.15, 0.2) is 5.78 Å². The summed E-state index contributed by atoms with van der Waals surface area (Å²) in [4.78, 5) is 12.4. The first-order valence-corrected chi connectivity index (χ1v) is 6.41. The Morgan fingerprint density at radius 1 is 1.28 bits per heavy atom. The molecule has 0 bridgehead atoms. The van der Waals surface area contributed by atoms with E-state index in [1.807, 2.05) is 0 Å². The second-order valence-corrected chi connectivity index (χ2v) is 5.78. The van der Waals surface area contributed by atoms with E-state index < -0.39 is 11.6 Å². The highest BCUT2D eigenvalue weighted by Gasteiger charge is 2.38. The number of hydrogen-bond acceptors (Lipinski definition) is 1. The average Bonchev–Trinajstić information content (AvgIpc) is 2.27. The third-order valence-electron chi connectivity index (χ3n) is 4.02. The number of rotatable bonds is 2. The first-order chi connectivity index (χ1) is 8.42. The van der Waals surface area contributed by atoms with E-state index in [9.17, 15) is 13.6 Å². The molecule has 98 valence electrons. The minimum Gasteiger partial charge on any atom is -0.294 e. The van der Waals surface area contributed by atoms with Gasteiger partial charge >= 0.3 is 0 Å². The quantitative estimate of drug-likeness (QED) is 0.714. The van der Waals surface area contributed by atoms with Crippen LogP contribution in [-0.2, 0) is 0 Å². The predicted octanol–water partition coefficient (Wildman–Crippen LogP) is 4.36. The summed E-state index contributed by atoms with van der Waals surface area (Å²) in [5, 5.41) is 0. The van der Waals surface area contributed by atoms with Gasteiger partial charge in [0.05, 0.1) is 5.56 Å². The van der Waals surface area contributed by atoms with E-state index in [-0.39, 0.29) is 22.7 Å². The summed E-state index contributed by atoms with van der Waals surface area (Å²) >= 11 is 0. The first-order valence-electron chi connectivity index (χ1n) is 6.41. The van der Waals surface area contributed by atoms with Gasteiger partial charge in [0.2, 0.25) is 0 Å². The van der Waals surface area contributed by atoms with Crippen molar-refractivity contribution in [1.29, 1.82) is 0 Å². The molecule has 0 aromatic heterocycles. The lowest BCUT2D eigenvalue weighted by atomic mass is 9.66. The topological polar surface area (TPSA) is 17.1 Å². The number of carbonyl (C=O) groups excluding carboxylic acids is 1. The van der Waals surface area contributed by atoms with Gasteiger partial charge in [0.25, 0.3) is 0 Å². The molecule has 1 fully saturated rings. The zero-order valence-corrected chi connectivity index (χ0v) is 10.8. The Bertz CT molecular complexity index is 466. The predicted molar refractivity (Wildman–Crippen MR) is 66.4 cm³/mol. The highest BCUT2D eigenvalue weighted by Crippen LogP contribution is 2.42. The average molecular weight is 252 g/mol. The SMILES string of the molecule is CC1(C)CCCCC1C(=O)c1ccc(F)cc1F. The van der Waals surface area contributed by atoms with Crippen LogP contribution in [0.1, 0.15) is 49.9 Å². The van der Waals surface area contributed by atoms with Crippen molar-refractivity contribution >= 4 is 5.78 Å². The van der Waals surface area contributed by atoms with Gasteiger partial charge in [-0.25, -0.2) is 8.78 Å². The normalized spacial score (nSPS) is 22.8. The molecule has 1 aromatic rings. The highest BCUT2D eigenvalue weighted by atomic mass is 19.1. The summed E-state index contributed by atoms with van der Waals surface area (Å²) in [5.74, 6) is -1.74. The van der Waals surface area contributed by atoms with Crippen molar-refractivity contribution in [3.05, 3.63) is 35.4 Å². The molecule has 1 aliphatic carbocycles. The summed E-state index contributed by atoms with van der Waals surface area (Å²) in [7, 11) is 0. The van der Waals surface area contributed by atoms with E-state index >= 15 is 0 Å². The molecule has 3 heteroatoms. The Kier molecular flexibility index (Phi) is 3.51. The van der Waals surface area contributed by atoms with Gasteiger partial charge in [-0.15, -0.1) is 0 Å². The molecular weight excluding hydrogens is 234 g/mol. The minimum absolute atomic E-state index is 0.0244. The Labute approximate surface area is 106 Å². The molecule has 2 rings (SSSR count). The molecule has 1 nitrogen and oxygen atoms in total. The van der Waals surface area contributed by atoms with Gasteiger partial charge < -0.3 is 0 Å². The number of carbonyl (C=O) groups is 1. The lowest BCUT2D eigenvalue weighted by molar-refractivity contribution is 0.0693. The van der Waals surface area contributed by atoms with E-state index in [2.05, 4.69) is 13.8 Å². The molecule has 0 aliphatic heterocycles. The fourth-order valence-electron chi connectivity index (χ4n) is 2.86. The van der Waals surface area contributed by atoms with Gasteiger partial charge in [-0.1, -0.05) is 26.7 Å². The minimum atomic E-state index is -0.749. The molecule has 0 heterocycles. The Morgan fingerprint density at radius 3 is 2.61 bits per heavy atom. The van der Waals surface area contributed by atoms with Crippen LogP contribution in [0.4, 0.5) is 8.78 Å². The van der Waals surface area contributed by atoms with Crippen LogP contribution in [0.15, 0.2) is 18.2 Å². The molecule has 0 radical (unpaired) electrons. The molecule has 1 aromatic carbocycles. The standard InChI is InChI=1S/C15H18F2O/c1-15(2)8-4-3-5-12(15)14(18)11-7-6-10(16)9-13(11)17/h6-7,9,12H,3-5,8H2,1-2H3. The van der Waals surface area contributed by atoms with Crippen LogP contribution in [0.2, 0.25) is 0 Å². The first kappa shape index (κ1) is 13.2. The number of hydrogen-bond donors (Lipinski definition) is 0. The van der Waals surface area contributed by atoms with E-state index in [0.717, 1.165) is 37.8 Å². The van der Waals surface area contributed by atoms with Crippen LogP contribution >= 0.6 is 0 Å². The maximum atomic E-state index is 13.6. The van der Waals surface area contributed by atoms with E-state index in [1.165, 1.54) is 6.07 Å². The van der Waals surface area contributed by atoms with Gasteiger partial charge in [0.1, 0.15) is 11.6 Å². The van der Waals surface area contributed by atoms with Gasteiger partial charge in [0, 0.05) is 12.0 Å². The highest BCUT2D eigenvalue weighted by molar-refractivity contribution is 5.98. The zero-order valence-electron chi connectivity index (χ0n) is 10.8. The van der Waals surface area contributed by atoms with Gasteiger partial charge in [-0.2, -0.15) is 0 Å². The molecular formula is C15H18F2O. The molecule has 0 N–H and O–H groups in total. The van der Waals surface area contributed by atoms with Crippen molar-refractivity contribution < 1.29 is 13.6 Å². The lowest BCUT2D eigenvalue weighted by Crippen LogP contribution is -2.34. The Balaban J connectivity index is 2.30. The van der Waals surface area contributed by atoms with Crippen LogP contribution in [0.3, 0.4) is 0 Å². The van der Waals surface area contributed by atoms with Crippen molar-refractivity contribution in [2.24, 2.45) is 11.3 Å². The fraction of sp³-hybridized carbons (Fsp3) is 0.533. The maximum absolute atomic E-state index is 13.6. The summed E-state index contributed by atoms with van der Waals surface area (Å²) in [5.41, 5.74) is -0.0766. The molecule has 0 saturated heterocycles. The van der Waals surface area contributed by atoms with Crippen LogP contribution < -0.4 is 0 Å². The smallest absolute Gasteiger partial charge is 0.169 e. The van der Waals surface area contributed by atoms with Crippen LogP contribution in [0, 0.1) is 23.0 Å². The third-order valence-corrected chi connectivity index (χ3v) is 4.02. The van der Waals surface area contributed by atoms with Crippen LogP contribution in [0.5, 0.6) is 0 Å². The lowest BCUT2D eigenvalue weighted by Gasteiger charge is -2.37. The number of Topliss-reactive ketones (excluding diaryl/α,β-unsaturated/α-hetero) is 1. The number of benzene rings is 1. The third kappa shape index (κ3) is 2.45. The molecule has 18 heavy (non-hydrogen) atoms. The summed E-state index contributed by atoms with van der Waals surface area (Å²) in [6.07, 6.45) is 3.89. The molecule has 1 saturated carbocycles. The van der Waals surface area contributed by atoms with Gasteiger partial charge in [-0.3, -0.25) is 4.79 Å². The largest absolute Gasteiger partial charge is 0.294 e. The van der Waals surface area contributed by atoms with E-state index in [1.54, 1.807) is 0 Å². The molecule has 1 aliphatic rings. The fourth-order valence-corrected chi connectivity index (χ4v) is 2.86. The van der Waals surface area contributed by atoms with Crippen LogP contribution in [-0.4, -0.2) is 5.78 Å². The van der Waals surface area contributed by atoms with Crippen molar-refractivity contribution in [2.45, 2.75) is 39.5 Å². The van der Waals surface area contributed by atoms with Gasteiger partial charge in [-0.05, 0) is 30.4 Å². The Hall–Kier alpha value is -1.25. The number of halogens is 2. The van der Waals surface area contributed by atoms with Crippen molar-refractivity contribution in [3.63, 3.8) is 0 Å². The summed E-state index contributed by atoms with van der Waals surface area (Å²) in [6, 6.07) is 3.19. The Morgan fingerprint density at radius 2 is 2.00 bits per heavy atom. The molecule has 1 atom stereocenters. The summed E-state index contributed by atoms with van der Waals surface area (Å²) in [6.45, 7) is 4.10. The second kappa shape index (κ2) is 4.79. The van der Waals surface area contributed by atoms with Crippen molar-refractivity contribution in [2.75, 3.05) is 0 Å². The van der Waals surface area contributed by atoms with Crippen LogP contribution in [0.25, 0.3) is 0 Å². The molecule has 0 amide bonds. The maximum Gasteiger partial charge on any atom is 0.169 e. The molecule has 0 spiro atoms. The molecule has 1 unspecified atom stereocenters. The monoisotopic (exact) mass is 252 g/mol. The second-order valence-electron chi connectivity index (χ2n) is 5.78. The van der Waals surface area contributed by atoms with E-state index in [4.69, 9.17) is 0 Å². The van der Waals surface area contributed by atoms with E-state index in [0.29, 0.717) is 0 Å². The zero-order chi connectivity index (χ0) is 13.3. The van der Waals surface area contributed by atoms with Crippen molar-refractivity contribution in [3.8, 4) is 0 Å². The van der Waals surface area contributed by atoms with Crippen molar-refractivity contribution in [1.82, 2.24) is 0 Å². The summed E-state index contributed by atoms with van der Waals surface area (Å²) < 4.78 is 26.5.